The van der Waals surface area contributed by atoms with Gasteiger partial charge in [-0.3, -0.25) is 4.79 Å². The number of anilines is 1. The number of aliphatic hydroxyl groups excluding tert-OH is 1. The van der Waals surface area contributed by atoms with E-state index < -0.39 is 11.3 Å². The number of hydrogen-bond donors (Lipinski definition) is 3. The number of primary amides is 1. The predicted molar refractivity (Wildman–Crippen MR) is 100 cm³/mol. The molecule has 1 aliphatic rings. The van der Waals surface area contributed by atoms with Gasteiger partial charge < -0.3 is 21.5 Å². The molecule has 0 radical (unpaired) electrons. The average molecular weight is 374 g/mol. The van der Waals surface area contributed by atoms with Crippen LogP contribution in [-0.2, 0) is 10.2 Å². The molecule has 136 valence electrons. The Labute approximate surface area is 156 Å². The van der Waals surface area contributed by atoms with Gasteiger partial charge in [0.25, 0.3) is 0 Å². The number of amides is 1. The zero-order valence-corrected chi connectivity index (χ0v) is 15.1. The maximum Gasteiger partial charge on any atom is 0.233 e. The van der Waals surface area contributed by atoms with Crippen molar-refractivity contribution in [2.75, 3.05) is 25.4 Å². The van der Waals surface area contributed by atoms with Crippen molar-refractivity contribution < 1.29 is 9.90 Å². The summed E-state index contributed by atoms with van der Waals surface area (Å²) >= 11 is 6.17. The molecule has 1 aromatic carbocycles. The van der Waals surface area contributed by atoms with E-state index in [-0.39, 0.29) is 13.2 Å². The van der Waals surface area contributed by atoms with Gasteiger partial charge in [0.2, 0.25) is 5.91 Å². The topological polar surface area (TPSA) is 118 Å². The Morgan fingerprint density at radius 3 is 2.81 bits per heavy atom. The van der Waals surface area contributed by atoms with Gasteiger partial charge in [0, 0.05) is 24.2 Å². The quantitative estimate of drug-likeness (QED) is 0.722. The molecule has 1 amide bonds. The van der Waals surface area contributed by atoms with Crippen molar-refractivity contribution in [3.05, 3.63) is 58.5 Å². The maximum atomic E-state index is 12.6. The molecular weight excluding hydrogens is 354 g/mol. The summed E-state index contributed by atoms with van der Waals surface area (Å²) in [6.07, 6.45) is 3.14. The minimum Gasteiger partial charge on any atom is -0.395 e. The van der Waals surface area contributed by atoms with Crippen molar-refractivity contribution in [1.29, 1.82) is 0 Å². The summed E-state index contributed by atoms with van der Waals surface area (Å²) in [6.45, 7) is 2.43. The summed E-state index contributed by atoms with van der Waals surface area (Å²) in [5.41, 5.74) is 13.4. The van der Waals surface area contributed by atoms with Crippen molar-refractivity contribution in [3.63, 3.8) is 0 Å². The van der Waals surface area contributed by atoms with Crippen LogP contribution >= 0.6 is 11.6 Å². The number of nitrogens with zero attached hydrogens (tertiary/aromatic N) is 3. The lowest BCUT2D eigenvalue weighted by Gasteiger charge is -2.29. The average Bonchev–Trinajstić information content (AvgIpc) is 2.98. The molecule has 5 N–H and O–H groups in total. The number of carbonyl (C=O) groups excluding carboxylic acids is 1. The summed E-state index contributed by atoms with van der Waals surface area (Å²) in [6, 6.07) is 7.00. The minimum absolute atomic E-state index is 0.0821. The van der Waals surface area contributed by atoms with Crippen molar-refractivity contribution in [2.24, 2.45) is 5.73 Å². The molecule has 2 aromatic rings. The number of β-amino-alcohol motifs (C(OH)–C–C–N with tert-alkyl or cyclic N) is 1. The first-order chi connectivity index (χ1) is 12.4. The number of benzene rings is 1. The second kappa shape index (κ2) is 6.93. The van der Waals surface area contributed by atoms with Crippen LogP contribution in [0.3, 0.4) is 0 Å². The number of aliphatic hydroxyl groups is 1. The van der Waals surface area contributed by atoms with E-state index in [1.54, 1.807) is 24.3 Å². The van der Waals surface area contributed by atoms with Gasteiger partial charge in [-0.15, -0.1) is 0 Å². The summed E-state index contributed by atoms with van der Waals surface area (Å²) in [4.78, 5) is 22.6. The summed E-state index contributed by atoms with van der Waals surface area (Å²) < 4.78 is 0. The Morgan fingerprint density at radius 1 is 1.38 bits per heavy atom. The smallest absolute Gasteiger partial charge is 0.233 e. The highest BCUT2D eigenvalue weighted by Crippen LogP contribution is 2.40. The highest BCUT2D eigenvalue weighted by Gasteiger charge is 2.45. The minimum atomic E-state index is -1.08. The monoisotopic (exact) mass is 373 g/mol. The van der Waals surface area contributed by atoms with Crippen molar-refractivity contribution in [3.8, 4) is 0 Å². The van der Waals surface area contributed by atoms with Gasteiger partial charge in [0.05, 0.1) is 18.0 Å². The number of hydrogen-bond acceptors (Lipinski definition) is 6. The number of aryl methyl sites for hydroxylation is 1. The lowest BCUT2D eigenvalue weighted by atomic mass is 9.78. The molecule has 1 aromatic heterocycles. The van der Waals surface area contributed by atoms with Gasteiger partial charge >= 0.3 is 0 Å². The van der Waals surface area contributed by atoms with Gasteiger partial charge in [-0.25, -0.2) is 9.97 Å². The van der Waals surface area contributed by atoms with Crippen LogP contribution in [0.1, 0.15) is 16.8 Å². The van der Waals surface area contributed by atoms with Gasteiger partial charge in [-0.2, -0.15) is 0 Å². The van der Waals surface area contributed by atoms with E-state index in [1.165, 1.54) is 6.33 Å². The van der Waals surface area contributed by atoms with Crippen LogP contribution in [0.4, 0.5) is 5.82 Å². The van der Waals surface area contributed by atoms with Crippen LogP contribution in [0.15, 0.2) is 36.7 Å². The van der Waals surface area contributed by atoms with Crippen LogP contribution in [-0.4, -0.2) is 45.6 Å². The van der Waals surface area contributed by atoms with Crippen molar-refractivity contribution in [1.82, 2.24) is 14.9 Å². The number of nitrogen functional groups attached to an aromatic ring is 1. The molecule has 3 rings (SSSR count). The maximum absolute atomic E-state index is 12.6. The van der Waals surface area contributed by atoms with Gasteiger partial charge in [0.1, 0.15) is 17.6 Å². The van der Waals surface area contributed by atoms with E-state index in [0.29, 0.717) is 28.8 Å². The molecule has 0 fully saturated rings. The fourth-order valence-electron chi connectivity index (χ4n) is 3.34. The Hall–Kier alpha value is -2.64. The molecule has 26 heavy (non-hydrogen) atoms. The first-order valence-electron chi connectivity index (χ1n) is 8.10. The van der Waals surface area contributed by atoms with Crippen molar-refractivity contribution in [2.45, 2.75) is 12.3 Å². The number of nitrogens with two attached hydrogens (primary N) is 2. The zero-order chi connectivity index (χ0) is 18.9. The summed E-state index contributed by atoms with van der Waals surface area (Å²) in [7, 11) is 0. The van der Waals surface area contributed by atoms with Gasteiger partial charge in [-0.05, 0) is 36.3 Å². The van der Waals surface area contributed by atoms with E-state index in [1.807, 2.05) is 17.9 Å². The molecule has 0 spiro atoms. The fourth-order valence-corrected chi connectivity index (χ4v) is 3.52. The molecule has 0 saturated carbocycles. The van der Waals surface area contributed by atoms with Crippen LogP contribution in [0.5, 0.6) is 0 Å². The van der Waals surface area contributed by atoms with Crippen LogP contribution < -0.4 is 11.5 Å². The highest BCUT2D eigenvalue weighted by atomic mass is 35.5. The Balaban J connectivity index is 2.20. The Bertz CT molecular complexity index is 886. The first-order valence-corrected chi connectivity index (χ1v) is 8.48. The van der Waals surface area contributed by atoms with Gasteiger partial charge in [0.15, 0.2) is 0 Å². The molecule has 0 bridgehead atoms. The lowest BCUT2D eigenvalue weighted by Crippen LogP contribution is -2.45. The number of carbonyl (C=O) groups is 1. The number of rotatable bonds is 5. The molecule has 1 aliphatic heterocycles. The predicted octanol–water partition coefficient (Wildman–Crippen LogP) is 1.09. The molecule has 2 heterocycles. The molecule has 8 heteroatoms. The summed E-state index contributed by atoms with van der Waals surface area (Å²) in [5, 5.41) is 9.98. The molecule has 0 aliphatic carbocycles. The lowest BCUT2D eigenvalue weighted by molar-refractivity contribution is -0.122. The third-order valence-corrected chi connectivity index (χ3v) is 4.84. The molecule has 0 saturated heterocycles. The van der Waals surface area contributed by atoms with Crippen LogP contribution in [0.25, 0.3) is 5.70 Å². The van der Waals surface area contributed by atoms with E-state index in [9.17, 15) is 9.90 Å². The standard InChI is InChI=1S/C18H20ClN5O2/c1-11-2-3-12(19)6-13(11)18(17(21)26)8-15(24(9-18)4-5-25)14-7-16(20)23-10-22-14/h2-3,6-8,10,25H,4-5,9H2,1H3,(H2,21,26)(H2,20,22,23). The highest BCUT2D eigenvalue weighted by molar-refractivity contribution is 6.30. The Morgan fingerprint density at radius 2 is 2.15 bits per heavy atom. The third kappa shape index (κ3) is 3.11. The molecule has 1 unspecified atom stereocenters. The normalized spacial score (nSPS) is 19.5. The summed E-state index contributed by atoms with van der Waals surface area (Å²) in [5.74, 6) is -0.182. The third-order valence-electron chi connectivity index (χ3n) is 4.60. The zero-order valence-electron chi connectivity index (χ0n) is 14.3. The first kappa shape index (κ1) is 18.2. The Kier molecular flexibility index (Phi) is 4.84. The van der Waals surface area contributed by atoms with E-state index in [2.05, 4.69) is 9.97 Å². The second-order valence-corrected chi connectivity index (χ2v) is 6.73. The molecular formula is C18H20ClN5O2. The van der Waals surface area contributed by atoms with Crippen LogP contribution in [0, 0.1) is 6.92 Å². The number of halogens is 1. The second-order valence-electron chi connectivity index (χ2n) is 6.30. The van der Waals surface area contributed by atoms with Crippen molar-refractivity contribution >= 4 is 29.0 Å². The van der Waals surface area contributed by atoms with Gasteiger partial charge in [-0.1, -0.05) is 17.7 Å². The fraction of sp³-hybridized carbons (Fsp3) is 0.278. The van der Waals surface area contributed by atoms with E-state index in [0.717, 1.165) is 11.1 Å². The van der Waals surface area contributed by atoms with E-state index >= 15 is 0 Å². The SMILES string of the molecule is Cc1ccc(Cl)cc1C1(C(N)=O)C=C(c2cc(N)ncn2)N(CCO)C1. The number of aromatic nitrogens is 2. The van der Waals surface area contributed by atoms with E-state index in [4.69, 9.17) is 23.1 Å². The molecule has 7 nitrogen and oxygen atoms in total. The molecule has 1 atom stereocenters. The largest absolute Gasteiger partial charge is 0.395 e. The van der Waals surface area contributed by atoms with Crippen LogP contribution in [0.2, 0.25) is 5.02 Å².